The Labute approximate surface area is 135 Å². The van der Waals surface area contributed by atoms with E-state index in [0.717, 1.165) is 58.9 Å². The summed E-state index contributed by atoms with van der Waals surface area (Å²) in [6, 6.07) is 0. The molecule has 0 aliphatic carbocycles. The van der Waals surface area contributed by atoms with E-state index in [2.05, 4.69) is 10.2 Å². The maximum Gasteiger partial charge on any atom is 0.222 e. The second kappa shape index (κ2) is 13.9. The Balaban J connectivity index is 0. The molecule has 1 heterocycles. The predicted octanol–water partition coefficient (Wildman–Crippen LogP) is 1.01. The molecule has 122 valence electrons. The molecule has 20 heavy (non-hydrogen) atoms. The van der Waals surface area contributed by atoms with Crippen LogP contribution in [0.15, 0.2) is 0 Å². The van der Waals surface area contributed by atoms with Crippen molar-refractivity contribution in [2.45, 2.75) is 19.8 Å². The van der Waals surface area contributed by atoms with Crippen LogP contribution in [0.5, 0.6) is 0 Å². The number of nitrogens with one attached hydrogen (secondary N) is 1. The van der Waals surface area contributed by atoms with Gasteiger partial charge in [-0.3, -0.25) is 9.69 Å². The van der Waals surface area contributed by atoms with E-state index in [9.17, 15) is 4.79 Å². The zero-order valence-corrected chi connectivity index (χ0v) is 14.2. The fourth-order valence-corrected chi connectivity index (χ4v) is 2.13. The van der Waals surface area contributed by atoms with E-state index in [0.29, 0.717) is 12.3 Å². The van der Waals surface area contributed by atoms with Gasteiger partial charge in [-0.25, -0.2) is 0 Å². The van der Waals surface area contributed by atoms with Crippen LogP contribution in [0, 0.1) is 0 Å². The first-order valence-corrected chi connectivity index (χ1v) is 7.00. The van der Waals surface area contributed by atoms with Crippen molar-refractivity contribution in [1.29, 1.82) is 0 Å². The SMILES string of the molecule is CCOCCN1CCN(C(=O)CCCNC)CC1.Cl.Cl. The van der Waals surface area contributed by atoms with E-state index in [1.165, 1.54) is 0 Å². The summed E-state index contributed by atoms with van der Waals surface area (Å²) >= 11 is 0. The molecule has 1 fully saturated rings. The van der Waals surface area contributed by atoms with Crippen LogP contribution in [-0.2, 0) is 9.53 Å². The van der Waals surface area contributed by atoms with Crippen molar-refractivity contribution in [3.05, 3.63) is 0 Å². The van der Waals surface area contributed by atoms with E-state index in [-0.39, 0.29) is 24.8 Å². The van der Waals surface area contributed by atoms with Gasteiger partial charge in [0.25, 0.3) is 0 Å². The quantitative estimate of drug-likeness (QED) is 0.675. The monoisotopic (exact) mass is 329 g/mol. The molecule has 0 aromatic carbocycles. The Bertz CT molecular complexity index is 238. The van der Waals surface area contributed by atoms with Gasteiger partial charge in [0.05, 0.1) is 6.61 Å². The summed E-state index contributed by atoms with van der Waals surface area (Å²) in [6.45, 7) is 9.18. The second-order valence-electron chi connectivity index (χ2n) is 4.63. The van der Waals surface area contributed by atoms with E-state index < -0.39 is 0 Å². The predicted molar refractivity (Wildman–Crippen MR) is 87.2 cm³/mol. The normalized spacial score (nSPS) is 15.4. The first-order chi connectivity index (χ1) is 8.77. The van der Waals surface area contributed by atoms with Gasteiger partial charge in [0.15, 0.2) is 0 Å². The Morgan fingerprint density at radius 2 is 1.85 bits per heavy atom. The molecule has 0 aromatic heterocycles. The fraction of sp³-hybridized carbons (Fsp3) is 0.923. The Morgan fingerprint density at radius 3 is 2.40 bits per heavy atom. The maximum absolute atomic E-state index is 11.9. The molecule has 0 saturated carbocycles. The average molecular weight is 330 g/mol. The van der Waals surface area contributed by atoms with Crippen LogP contribution in [0.3, 0.4) is 0 Å². The van der Waals surface area contributed by atoms with Gasteiger partial charge in [-0.15, -0.1) is 24.8 Å². The average Bonchev–Trinajstić information content (AvgIpc) is 2.40. The largest absolute Gasteiger partial charge is 0.380 e. The molecule has 0 unspecified atom stereocenters. The molecule has 0 atom stereocenters. The zero-order chi connectivity index (χ0) is 13.2. The number of piperazine rings is 1. The van der Waals surface area contributed by atoms with E-state index in [4.69, 9.17) is 4.74 Å². The van der Waals surface area contributed by atoms with Crippen LogP contribution in [0.2, 0.25) is 0 Å². The van der Waals surface area contributed by atoms with Crippen LogP contribution in [-0.4, -0.2) is 75.2 Å². The highest BCUT2D eigenvalue weighted by molar-refractivity contribution is 5.85. The standard InChI is InChI=1S/C13H27N3O2.2ClH/c1-3-18-12-11-15-7-9-16(10-8-15)13(17)5-4-6-14-2;;/h14H,3-12H2,1-2H3;2*1H. The lowest BCUT2D eigenvalue weighted by molar-refractivity contribution is -0.133. The molecule has 0 aromatic rings. The minimum absolute atomic E-state index is 0. The highest BCUT2D eigenvalue weighted by Gasteiger charge is 2.20. The summed E-state index contributed by atoms with van der Waals surface area (Å²) in [5.74, 6) is 0.301. The molecule has 0 spiro atoms. The minimum Gasteiger partial charge on any atom is -0.380 e. The molecule has 1 aliphatic heterocycles. The van der Waals surface area contributed by atoms with Crippen LogP contribution < -0.4 is 5.32 Å². The number of halogens is 2. The van der Waals surface area contributed by atoms with Crippen molar-refractivity contribution in [2.24, 2.45) is 0 Å². The van der Waals surface area contributed by atoms with Crippen molar-refractivity contribution in [3.63, 3.8) is 0 Å². The van der Waals surface area contributed by atoms with Crippen molar-refractivity contribution < 1.29 is 9.53 Å². The Morgan fingerprint density at radius 1 is 1.20 bits per heavy atom. The molecular formula is C13H29Cl2N3O2. The lowest BCUT2D eigenvalue weighted by Crippen LogP contribution is -2.49. The molecule has 0 bridgehead atoms. The van der Waals surface area contributed by atoms with Gasteiger partial charge in [0.1, 0.15) is 0 Å². The summed E-state index contributed by atoms with van der Waals surface area (Å²) in [4.78, 5) is 16.3. The van der Waals surface area contributed by atoms with Crippen LogP contribution >= 0.6 is 24.8 Å². The van der Waals surface area contributed by atoms with Crippen molar-refractivity contribution in [3.8, 4) is 0 Å². The zero-order valence-electron chi connectivity index (χ0n) is 12.6. The third-order valence-electron chi connectivity index (χ3n) is 3.30. The molecule has 1 aliphatic rings. The number of nitrogens with zero attached hydrogens (tertiary/aromatic N) is 2. The molecule has 5 nitrogen and oxygen atoms in total. The van der Waals surface area contributed by atoms with Crippen LogP contribution in [0.25, 0.3) is 0 Å². The second-order valence-corrected chi connectivity index (χ2v) is 4.63. The first-order valence-electron chi connectivity index (χ1n) is 7.00. The van der Waals surface area contributed by atoms with Crippen LogP contribution in [0.4, 0.5) is 0 Å². The summed E-state index contributed by atoms with van der Waals surface area (Å²) in [7, 11) is 1.92. The van der Waals surface area contributed by atoms with Crippen LogP contribution in [0.1, 0.15) is 19.8 Å². The van der Waals surface area contributed by atoms with E-state index in [1.807, 2.05) is 18.9 Å². The number of carbonyl (C=O) groups excluding carboxylic acids is 1. The third kappa shape index (κ3) is 8.97. The van der Waals surface area contributed by atoms with E-state index in [1.54, 1.807) is 0 Å². The van der Waals surface area contributed by atoms with Crippen molar-refractivity contribution >= 4 is 30.7 Å². The molecule has 1 rings (SSSR count). The highest BCUT2D eigenvalue weighted by atomic mass is 35.5. The maximum atomic E-state index is 11.9. The van der Waals surface area contributed by atoms with Crippen molar-refractivity contribution in [1.82, 2.24) is 15.1 Å². The van der Waals surface area contributed by atoms with Gasteiger partial charge in [-0.1, -0.05) is 0 Å². The fourth-order valence-electron chi connectivity index (χ4n) is 2.13. The molecule has 1 saturated heterocycles. The Hall–Kier alpha value is -0.0700. The van der Waals surface area contributed by atoms with Gasteiger partial charge >= 0.3 is 0 Å². The topological polar surface area (TPSA) is 44.8 Å². The number of hydrogen-bond donors (Lipinski definition) is 1. The summed E-state index contributed by atoms with van der Waals surface area (Å²) < 4.78 is 5.35. The number of amides is 1. The first kappa shape index (κ1) is 22.2. The molecule has 1 amide bonds. The summed E-state index contributed by atoms with van der Waals surface area (Å²) in [6.07, 6.45) is 1.60. The van der Waals surface area contributed by atoms with Crippen molar-refractivity contribution in [2.75, 3.05) is 59.5 Å². The molecule has 7 heteroatoms. The number of ether oxygens (including phenoxy) is 1. The summed E-state index contributed by atoms with van der Waals surface area (Å²) in [5.41, 5.74) is 0. The van der Waals surface area contributed by atoms with Gasteiger partial charge in [-0.2, -0.15) is 0 Å². The number of hydrogen-bond acceptors (Lipinski definition) is 4. The third-order valence-corrected chi connectivity index (χ3v) is 3.30. The Kier molecular flexibility index (Phi) is 15.4. The number of carbonyl (C=O) groups is 1. The molecule has 0 radical (unpaired) electrons. The summed E-state index contributed by atoms with van der Waals surface area (Å²) in [5, 5.41) is 3.07. The smallest absolute Gasteiger partial charge is 0.222 e. The highest BCUT2D eigenvalue weighted by Crippen LogP contribution is 2.04. The minimum atomic E-state index is 0. The lowest BCUT2D eigenvalue weighted by Gasteiger charge is -2.34. The molecule has 1 N–H and O–H groups in total. The van der Waals surface area contributed by atoms with E-state index >= 15 is 0 Å². The van der Waals surface area contributed by atoms with Gasteiger partial charge in [-0.05, 0) is 26.9 Å². The van der Waals surface area contributed by atoms with Gasteiger partial charge < -0.3 is 15.0 Å². The number of rotatable bonds is 8. The lowest BCUT2D eigenvalue weighted by atomic mass is 10.2. The van der Waals surface area contributed by atoms with Gasteiger partial charge in [0, 0.05) is 45.8 Å². The van der Waals surface area contributed by atoms with Gasteiger partial charge in [0.2, 0.25) is 5.91 Å². The molecular weight excluding hydrogens is 301 g/mol.